The van der Waals surface area contributed by atoms with Crippen LogP contribution >= 0.6 is 15.9 Å². The molecule has 0 saturated heterocycles. The van der Waals surface area contributed by atoms with Gasteiger partial charge in [0.1, 0.15) is 11.5 Å². The summed E-state index contributed by atoms with van der Waals surface area (Å²) >= 11 is 3.39. The number of furan rings is 1. The molecule has 1 aromatic carbocycles. The molecule has 1 heterocycles. The Morgan fingerprint density at radius 3 is 2.90 bits per heavy atom. The largest absolute Gasteiger partial charge is 0.481 e. The molecule has 0 aliphatic rings. The maximum atomic E-state index is 11.9. The highest BCUT2D eigenvalue weighted by Crippen LogP contribution is 2.23. The number of amides is 1. The maximum Gasteiger partial charge on any atom is 0.261 e. The van der Waals surface area contributed by atoms with E-state index < -0.39 is 6.10 Å². The van der Waals surface area contributed by atoms with Crippen molar-refractivity contribution >= 4 is 21.8 Å². The lowest BCUT2D eigenvalue weighted by Gasteiger charge is -2.16. The van der Waals surface area contributed by atoms with Gasteiger partial charge in [-0.05, 0) is 49.7 Å². The number of nitrogens with one attached hydrogen (secondary N) is 1. The number of carbonyl (C=O) groups is 1. The van der Waals surface area contributed by atoms with Crippen molar-refractivity contribution in [1.82, 2.24) is 5.32 Å². The molecule has 0 bridgehead atoms. The third-order valence-electron chi connectivity index (χ3n) is 2.83. The first kappa shape index (κ1) is 14.7. The first-order valence-electron chi connectivity index (χ1n) is 6.29. The quantitative estimate of drug-likeness (QED) is 0.909. The highest BCUT2D eigenvalue weighted by Gasteiger charge is 2.15. The van der Waals surface area contributed by atoms with Crippen LogP contribution < -0.4 is 10.1 Å². The number of ether oxygens (including phenoxy) is 1. The fourth-order valence-electron chi connectivity index (χ4n) is 1.72. The fourth-order valence-corrected chi connectivity index (χ4v) is 2.20. The molecule has 0 fully saturated rings. The summed E-state index contributed by atoms with van der Waals surface area (Å²) in [7, 11) is 0. The molecular weight excluding hydrogens is 322 g/mol. The Bertz CT molecular complexity index is 581. The molecule has 0 saturated carbocycles. The minimum atomic E-state index is -0.565. The van der Waals surface area contributed by atoms with Crippen molar-refractivity contribution in [3.63, 3.8) is 0 Å². The van der Waals surface area contributed by atoms with Gasteiger partial charge in [0.15, 0.2) is 6.10 Å². The van der Waals surface area contributed by atoms with Crippen LogP contribution in [0.5, 0.6) is 5.75 Å². The topological polar surface area (TPSA) is 51.5 Å². The van der Waals surface area contributed by atoms with E-state index in [9.17, 15) is 4.79 Å². The van der Waals surface area contributed by atoms with E-state index in [4.69, 9.17) is 9.15 Å². The Morgan fingerprint density at radius 1 is 1.45 bits per heavy atom. The Labute approximate surface area is 126 Å². The van der Waals surface area contributed by atoms with Crippen LogP contribution in [0.4, 0.5) is 0 Å². The van der Waals surface area contributed by atoms with E-state index in [1.165, 1.54) is 0 Å². The number of halogens is 1. The van der Waals surface area contributed by atoms with Crippen molar-refractivity contribution in [2.75, 3.05) is 0 Å². The zero-order chi connectivity index (χ0) is 14.5. The van der Waals surface area contributed by atoms with E-state index in [0.29, 0.717) is 18.1 Å². The third-order valence-corrected chi connectivity index (χ3v) is 3.32. The van der Waals surface area contributed by atoms with Gasteiger partial charge in [0, 0.05) is 4.47 Å². The number of hydrogen-bond acceptors (Lipinski definition) is 3. The van der Waals surface area contributed by atoms with Crippen molar-refractivity contribution in [1.29, 1.82) is 0 Å². The van der Waals surface area contributed by atoms with E-state index in [2.05, 4.69) is 21.2 Å². The summed E-state index contributed by atoms with van der Waals surface area (Å²) in [6.45, 7) is 4.02. The first-order valence-corrected chi connectivity index (χ1v) is 7.08. The second-order valence-electron chi connectivity index (χ2n) is 4.47. The fraction of sp³-hybridized carbons (Fsp3) is 0.267. The molecule has 0 aliphatic heterocycles. The lowest BCUT2D eigenvalue weighted by Crippen LogP contribution is -2.35. The summed E-state index contributed by atoms with van der Waals surface area (Å²) in [5, 5.41) is 2.77. The Balaban J connectivity index is 1.90. The second kappa shape index (κ2) is 6.61. The van der Waals surface area contributed by atoms with Crippen LogP contribution in [-0.2, 0) is 11.3 Å². The summed E-state index contributed by atoms with van der Waals surface area (Å²) < 4.78 is 11.8. The normalized spacial score (nSPS) is 11.9. The highest BCUT2D eigenvalue weighted by atomic mass is 79.9. The first-order chi connectivity index (χ1) is 9.56. The summed E-state index contributed by atoms with van der Waals surface area (Å²) in [6.07, 6.45) is 1.01. The number of aryl methyl sites for hydroxylation is 1. The van der Waals surface area contributed by atoms with Crippen molar-refractivity contribution in [2.45, 2.75) is 26.5 Å². The van der Waals surface area contributed by atoms with Crippen LogP contribution in [0.1, 0.15) is 18.2 Å². The Kier molecular flexibility index (Phi) is 4.84. The van der Waals surface area contributed by atoms with E-state index in [0.717, 1.165) is 10.0 Å². The van der Waals surface area contributed by atoms with Crippen LogP contribution in [0.2, 0.25) is 0 Å². The minimum absolute atomic E-state index is 0.177. The van der Waals surface area contributed by atoms with Crippen LogP contribution in [0.15, 0.2) is 45.5 Å². The predicted octanol–water partition coefficient (Wildman–Crippen LogP) is 3.43. The zero-order valence-electron chi connectivity index (χ0n) is 11.4. The highest BCUT2D eigenvalue weighted by molar-refractivity contribution is 9.10. The summed E-state index contributed by atoms with van der Waals surface area (Å²) in [5.41, 5.74) is 0.977. The molecule has 1 aromatic heterocycles. The molecule has 2 aromatic rings. The van der Waals surface area contributed by atoms with Gasteiger partial charge in [-0.1, -0.05) is 15.9 Å². The molecular formula is C15H16BrNO3. The second-order valence-corrected chi connectivity index (χ2v) is 5.38. The van der Waals surface area contributed by atoms with Crippen LogP contribution in [-0.4, -0.2) is 12.0 Å². The average molecular weight is 338 g/mol. The van der Waals surface area contributed by atoms with Crippen LogP contribution in [0, 0.1) is 6.92 Å². The van der Waals surface area contributed by atoms with Gasteiger partial charge < -0.3 is 14.5 Å². The van der Waals surface area contributed by atoms with Gasteiger partial charge in [0.2, 0.25) is 0 Å². The summed E-state index contributed by atoms with van der Waals surface area (Å²) in [4.78, 5) is 11.9. The SMILES string of the molecule is Cc1cc(Br)ccc1OC(C)C(=O)NCc1ccco1. The van der Waals surface area contributed by atoms with E-state index >= 15 is 0 Å². The maximum absolute atomic E-state index is 11.9. The molecule has 1 atom stereocenters. The van der Waals surface area contributed by atoms with Crippen molar-refractivity contribution in [3.8, 4) is 5.75 Å². The predicted molar refractivity (Wildman–Crippen MR) is 79.5 cm³/mol. The lowest BCUT2D eigenvalue weighted by molar-refractivity contribution is -0.127. The zero-order valence-corrected chi connectivity index (χ0v) is 12.9. The molecule has 106 valence electrons. The standard InChI is InChI=1S/C15H16BrNO3/c1-10-8-12(16)5-6-14(10)20-11(2)15(18)17-9-13-4-3-7-19-13/h3-8,11H,9H2,1-2H3,(H,17,18). The van der Waals surface area contributed by atoms with Crippen LogP contribution in [0.3, 0.4) is 0 Å². The monoisotopic (exact) mass is 337 g/mol. The summed E-state index contributed by atoms with van der Waals surface area (Å²) in [5.74, 6) is 1.24. The third kappa shape index (κ3) is 3.87. The molecule has 1 unspecified atom stereocenters. The minimum Gasteiger partial charge on any atom is -0.481 e. The number of benzene rings is 1. The van der Waals surface area contributed by atoms with Crippen molar-refractivity contribution < 1.29 is 13.9 Å². The average Bonchev–Trinajstić information content (AvgIpc) is 2.92. The van der Waals surface area contributed by atoms with E-state index in [1.54, 1.807) is 19.3 Å². The van der Waals surface area contributed by atoms with Gasteiger partial charge in [-0.25, -0.2) is 0 Å². The molecule has 5 heteroatoms. The molecule has 0 spiro atoms. The van der Waals surface area contributed by atoms with Crippen molar-refractivity contribution in [3.05, 3.63) is 52.4 Å². The Hall–Kier alpha value is -1.75. The van der Waals surface area contributed by atoms with Gasteiger partial charge in [0.25, 0.3) is 5.91 Å². The Morgan fingerprint density at radius 2 is 2.25 bits per heavy atom. The number of carbonyl (C=O) groups excluding carboxylic acids is 1. The van der Waals surface area contributed by atoms with Gasteiger partial charge in [-0.2, -0.15) is 0 Å². The molecule has 0 radical (unpaired) electrons. The number of hydrogen-bond donors (Lipinski definition) is 1. The molecule has 1 N–H and O–H groups in total. The smallest absolute Gasteiger partial charge is 0.261 e. The summed E-state index contributed by atoms with van der Waals surface area (Å²) in [6, 6.07) is 9.27. The van der Waals surface area contributed by atoms with Gasteiger partial charge in [0.05, 0.1) is 12.8 Å². The van der Waals surface area contributed by atoms with Gasteiger partial charge in [-0.3, -0.25) is 4.79 Å². The van der Waals surface area contributed by atoms with Gasteiger partial charge in [-0.15, -0.1) is 0 Å². The van der Waals surface area contributed by atoms with E-state index in [-0.39, 0.29) is 5.91 Å². The van der Waals surface area contributed by atoms with Gasteiger partial charge >= 0.3 is 0 Å². The number of rotatable bonds is 5. The molecule has 4 nitrogen and oxygen atoms in total. The molecule has 2 rings (SSSR count). The van der Waals surface area contributed by atoms with Crippen LogP contribution in [0.25, 0.3) is 0 Å². The molecule has 20 heavy (non-hydrogen) atoms. The molecule has 0 aliphatic carbocycles. The lowest BCUT2D eigenvalue weighted by atomic mass is 10.2. The molecule has 1 amide bonds. The van der Waals surface area contributed by atoms with Crippen molar-refractivity contribution in [2.24, 2.45) is 0 Å². The van der Waals surface area contributed by atoms with E-state index in [1.807, 2.05) is 31.2 Å².